The van der Waals surface area contributed by atoms with Gasteiger partial charge in [-0.25, -0.2) is 14.5 Å². The number of hydrogen-bond acceptors (Lipinski definition) is 6. The van der Waals surface area contributed by atoms with Gasteiger partial charge in [0.25, 0.3) is 0 Å². The van der Waals surface area contributed by atoms with E-state index in [2.05, 4.69) is 25.1 Å². The number of halogens is 3. The Hall–Kier alpha value is -3.68. The highest BCUT2D eigenvalue weighted by Gasteiger charge is 2.52. The Labute approximate surface area is 173 Å². The van der Waals surface area contributed by atoms with Crippen molar-refractivity contribution in [2.75, 3.05) is 5.32 Å². The molecule has 2 aliphatic carbocycles. The van der Waals surface area contributed by atoms with Gasteiger partial charge in [-0.05, 0) is 25.3 Å². The molecule has 1 atom stereocenters. The number of carbonyl (C=O) groups excluding carboxylic acids is 1. The van der Waals surface area contributed by atoms with Gasteiger partial charge in [-0.3, -0.25) is 4.79 Å². The number of rotatable bonds is 4. The van der Waals surface area contributed by atoms with Crippen molar-refractivity contribution in [1.29, 1.82) is 5.26 Å². The van der Waals surface area contributed by atoms with E-state index in [0.717, 1.165) is 31.2 Å². The normalized spacial score (nSPS) is 18.6. The lowest BCUT2D eigenvalue weighted by Crippen LogP contribution is -2.34. The van der Waals surface area contributed by atoms with Gasteiger partial charge in [0, 0.05) is 23.2 Å². The zero-order valence-corrected chi connectivity index (χ0v) is 16.0. The summed E-state index contributed by atoms with van der Waals surface area (Å²) in [6.45, 7) is -3.12. The van der Waals surface area contributed by atoms with Crippen LogP contribution in [-0.2, 0) is 10.2 Å². The summed E-state index contributed by atoms with van der Waals surface area (Å²) in [4.78, 5) is 21.1. The number of fused-ring (bicyclic) bond motifs is 4. The zero-order chi connectivity index (χ0) is 21.8. The molecule has 0 saturated heterocycles. The topological polar surface area (TPSA) is 105 Å². The van der Waals surface area contributed by atoms with Crippen LogP contribution in [0.15, 0.2) is 24.5 Å². The van der Waals surface area contributed by atoms with Crippen LogP contribution in [0.2, 0.25) is 0 Å². The number of aromatic nitrogens is 4. The number of ether oxygens (including phenoxy) is 1. The fourth-order valence-electron chi connectivity index (χ4n) is 4.59. The van der Waals surface area contributed by atoms with Crippen LogP contribution in [0.3, 0.4) is 0 Å². The quantitative estimate of drug-likeness (QED) is 0.684. The minimum atomic E-state index is -3.12. The van der Waals surface area contributed by atoms with Gasteiger partial charge in [-0.2, -0.15) is 18.4 Å². The fourth-order valence-corrected chi connectivity index (χ4v) is 4.59. The number of carbonyl (C=O) groups is 1. The molecule has 3 aromatic heterocycles. The molecule has 3 aromatic rings. The average molecular weight is 428 g/mol. The highest BCUT2D eigenvalue weighted by Crippen LogP contribution is 2.56. The van der Waals surface area contributed by atoms with Gasteiger partial charge in [0.2, 0.25) is 17.7 Å². The maximum absolute atomic E-state index is 13.7. The lowest BCUT2D eigenvalue weighted by molar-refractivity contribution is -0.118. The van der Waals surface area contributed by atoms with Crippen molar-refractivity contribution >= 4 is 17.2 Å². The number of nitrogens with zero attached hydrogens (tertiary/aromatic N) is 5. The molecule has 1 spiro atoms. The molecule has 0 unspecified atom stereocenters. The van der Waals surface area contributed by atoms with Crippen LogP contribution in [0, 0.1) is 17.3 Å². The molecule has 3 heterocycles. The minimum Gasteiger partial charge on any atom is -0.415 e. The first-order valence-corrected chi connectivity index (χ1v) is 9.61. The molecule has 0 bridgehead atoms. The van der Waals surface area contributed by atoms with E-state index in [9.17, 15) is 18.0 Å². The van der Waals surface area contributed by atoms with E-state index in [1.807, 2.05) is 0 Å². The lowest BCUT2D eigenvalue weighted by Gasteiger charge is -2.39. The van der Waals surface area contributed by atoms with Gasteiger partial charge < -0.3 is 10.1 Å². The van der Waals surface area contributed by atoms with E-state index >= 15 is 0 Å². The van der Waals surface area contributed by atoms with Crippen LogP contribution in [0.5, 0.6) is 5.88 Å². The van der Waals surface area contributed by atoms with Crippen LogP contribution < -0.4 is 10.1 Å². The first-order chi connectivity index (χ1) is 14.9. The SMILES string of the molecule is N#Cc1cc(NC(=O)[C@H]2CC3(CCC3)c3c2cnc2cc(F)nn32)cnc1OC(F)F. The predicted molar refractivity (Wildman–Crippen MR) is 100 cm³/mol. The molecular formula is C20H15F3N6O2. The van der Waals surface area contributed by atoms with Crippen molar-refractivity contribution in [3.63, 3.8) is 0 Å². The van der Waals surface area contributed by atoms with Crippen LogP contribution >= 0.6 is 0 Å². The second-order valence-electron chi connectivity index (χ2n) is 7.75. The van der Waals surface area contributed by atoms with Gasteiger partial charge in [0.1, 0.15) is 11.6 Å². The molecule has 2 aliphatic rings. The molecule has 1 fully saturated rings. The van der Waals surface area contributed by atoms with E-state index in [4.69, 9.17) is 5.26 Å². The Kier molecular flexibility index (Phi) is 4.32. The Balaban J connectivity index is 1.46. The standard InChI is InChI=1S/C20H15F3N6O2/c21-14-5-15-25-9-13-12(6-20(2-1-3-20)16(13)29(15)28-14)17(30)27-11-4-10(7-24)18(26-8-11)31-19(22)23/h4-5,8-9,12,19H,1-3,6H2,(H,27,30)/t12-/m0/s1. The van der Waals surface area contributed by atoms with E-state index in [1.54, 1.807) is 12.3 Å². The van der Waals surface area contributed by atoms with Gasteiger partial charge in [0.15, 0.2) is 5.65 Å². The zero-order valence-electron chi connectivity index (χ0n) is 16.0. The summed E-state index contributed by atoms with van der Waals surface area (Å²) in [6, 6.07) is 4.20. The number of hydrogen-bond donors (Lipinski definition) is 1. The van der Waals surface area contributed by atoms with Crippen LogP contribution in [0.1, 0.15) is 48.4 Å². The molecule has 31 heavy (non-hydrogen) atoms. The molecule has 0 aromatic carbocycles. The third kappa shape index (κ3) is 3.06. The summed E-state index contributed by atoms with van der Waals surface area (Å²) < 4.78 is 44.3. The summed E-state index contributed by atoms with van der Waals surface area (Å²) in [6.07, 6.45) is 6.00. The van der Waals surface area contributed by atoms with Gasteiger partial charge in [0.05, 0.1) is 23.5 Å². The van der Waals surface area contributed by atoms with E-state index < -0.39 is 24.4 Å². The maximum atomic E-state index is 13.7. The molecule has 11 heteroatoms. The van der Waals surface area contributed by atoms with Crippen molar-refractivity contribution in [2.45, 2.75) is 43.6 Å². The molecule has 0 radical (unpaired) electrons. The second-order valence-corrected chi connectivity index (χ2v) is 7.75. The highest BCUT2D eigenvalue weighted by atomic mass is 19.3. The molecule has 5 rings (SSSR count). The summed E-state index contributed by atoms with van der Waals surface area (Å²) >= 11 is 0. The molecule has 0 aliphatic heterocycles. The summed E-state index contributed by atoms with van der Waals surface area (Å²) in [7, 11) is 0. The fraction of sp³-hybridized carbons (Fsp3) is 0.350. The Morgan fingerprint density at radius 1 is 1.32 bits per heavy atom. The van der Waals surface area contributed by atoms with Crippen molar-refractivity contribution in [1.82, 2.24) is 19.6 Å². The van der Waals surface area contributed by atoms with Crippen molar-refractivity contribution in [3.05, 3.63) is 47.3 Å². The molecule has 158 valence electrons. The number of amides is 1. The highest BCUT2D eigenvalue weighted by molar-refractivity contribution is 5.97. The third-order valence-electron chi connectivity index (χ3n) is 6.02. The van der Waals surface area contributed by atoms with Crippen LogP contribution in [0.4, 0.5) is 18.9 Å². The van der Waals surface area contributed by atoms with Gasteiger partial charge in [-0.1, -0.05) is 6.42 Å². The number of pyridine rings is 1. The van der Waals surface area contributed by atoms with E-state index in [1.165, 1.54) is 16.6 Å². The summed E-state index contributed by atoms with van der Waals surface area (Å²) in [5.41, 5.74) is 1.57. The van der Waals surface area contributed by atoms with Crippen molar-refractivity contribution in [2.24, 2.45) is 0 Å². The number of alkyl halides is 2. The number of nitrogens with one attached hydrogen (secondary N) is 1. The van der Waals surface area contributed by atoms with Gasteiger partial charge >= 0.3 is 6.61 Å². The Morgan fingerprint density at radius 3 is 2.81 bits per heavy atom. The number of nitriles is 1. The molecule has 1 amide bonds. The molecule has 8 nitrogen and oxygen atoms in total. The maximum Gasteiger partial charge on any atom is 0.388 e. The largest absolute Gasteiger partial charge is 0.415 e. The first-order valence-electron chi connectivity index (χ1n) is 9.61. The third-order valence-corrected chi connectivity index (χ3v) is 6.02. The molecular weight excluding hydrogens is 413 g/mol. The number of anilines is 1. The lowest BCUT2D eigenvalue weighted by atomic mass is 9.66. The van der Waals surface area contributed by atoms with E-state index in [-0.39, 0.29) is 22.6 Å². The van der Waals surface area contributed by atoms with Gasteiger partial charge in [-0.15, -0.1) is 5.10 Å². The molecule has 1 N–H and O–H groups in total. The first kappa shape index (κ1) is 19.3. The monoisotopic (exact) mass is 428 g/mol. The van der Waals surface area contributed by atoms with Crippen molar-refractivity contribution < 1.29 is 22.7 Å². The molecule has 1 saturated carbocycles. The summed E-state index contributed by atoms with van der Waals surface area (Å²) in [5, 5.41) is 15.8. The van der Waals surface area contributed by atoms with Crippen LogP contribution in [0.25, 0.3) is 5.65 Å². The Morgan fingerprint density at radius 2 is 2.13 bits per heavy atom. The predicted octanol–water partition coefficient (Wildman–Crippen LogP) is 3.28. The van der Waals surface area contributed by atoms with Crippen molar-refractivity contribution in [3.8, 4) is 11.9 Å². The summed E-state index contributed by atoms with van der Waals surface area (Å²) in [5.74, 6) is -2.05. The van der Waals surface area contributed by atoms with Crippen LogP contribution in [-0.4, -0.2) is 32.1 Å². The minimum absolute atomic E-state index is 0.179. The smallest absolute Gasteiger partial charge is 0.388 e. The Bertz CT molecular complexity index is 1250. The average Bonchev–Trinajstić information content (AvgIpc) is 3.25. The van der Waals surface area contributed by atoms with E-state index in [0.29, 0.717) is 17.6 Å². The second kappa shape index (κ2) is 6.94.